The fourth-order valence-corrected chi connectivity index (χ4v) is 4.65. The fraction of sp³-hybridized carbons (Fsp3) is 0.167. The summed E-state index contributed by atoms with van der Waals surface area (Å²) in [5.74, 6) is 1.27. The van der Waals surface area contributed by atoms with Gasteiger partial charge in [-0.15, -0.1) is 0 Å². The van der Waals surface area contributed by atoms with E-state index in [1.807, 2.05) is 86.0 Å². The number of hydrogen-bond donors (Lipinski definition) is 0. The molecule has 2 aromatic carbocycles. The molecule has 0 fully saturated rings. The highest BCUT2D eigenvalue weighted by molar-refractivity contribution is 7.98. The van der Waals surface area contributed by atoms with E-state index in [0.29, 0.717) is 27.6 Å². The van der Waals surface area contributed by atoms with Gasteiger partial charge in [0.2, 0.25) is 5.78 Å². The molecular weight excluding hydrogens is 406 g/mol. The van der Waals surface area contributed by atoms with Gasteiger partial charge in [-0.1, -0.05) is 42.1 Å². The molecule has 0 aliphatic rings. The highest BCUT2D eigenvalue weighted by Crippen LogP contribution is 2.26. The van der Waals surface area contributed by atoms with Crippen LogP contribution in [0, 0.1) is 20.8 Å². The van der Waals surface area contributed by atoms with Crippen LogP contribution in [0.25, 0.3) is 22.4 Å². The molecule has 3 aromatic heterocycles. The summed E-state index contributed by atoms with van der Waals surface area (Å²) in [4.78, 5) is 27.4. The van der Waals surface area contributed by atoms with Gasteiger partial charge < -0.3 is 0 Å². The van der Waals surface area contributed by atoms with Crippen molar-refractivity contribution in [2.24, 2.45) is 0 Å². The number of imidazole rings is 1. The Hall–Kier alpha value is -3.45. The molecule has 0 amide bonds. The number of aryl methyl sites for hydroxylation is 3. The molecule has 3 heterocycles. The minimum atomic E-state index is -0.0643. The average molecular weight is 428 g/mol. The first-order valence-electron chi connectivity index (χ1n) is 10.0. The van der Waals surface area contributed by atoms with Crippen molar-refractivity contribution in [2.75, 3.05) is 0 Å². The highest BCUT2D eigenvalue weighted by Gasteiger charge is 2.15. The van der Waals surface area contributed by atoms with Crippen molar-refractivity contribution in [3.05, 3.63) is 93.8 Å². The quantitative estimate of drug-likeness (QED) is 0.309. The van der Waals surface area contributed by atoms with E-state index in [1.54, 1.807) is 4.57 Å². The summed E-state index contributed by atoms with van der Waals surface area (Å²) in [6, 6.07) is 17.4. The molecule has 0 bridgehead atoms. The number of fused-ring (bicyclic) bond motifs is 2. The van der Waals surface area contributed by atoms with Crippen LogP contribution in [0.3, 0.4) is 0 Å². The van der Waals surface area contributed by atoms with Crippen LogP contribution in [0.1, 0.15) is 22.6 Å². The lowest BCUT2D eigenvalue weighted by Gasteiger charge is -2.14. The van der Waals surface area contributed by atoms with Crippen LogP contribution >= 0.6 is 11.8 Å². The maximum absolute atomic E-state index is 13.4. The van der Waals surface area contributed by atoms with Crippen molar-refractivity contribution in [3.8, 4) is 5.69 Å². The van der Waals surface area contributed by atoms with Gasteiger partial charge in [0.1, 0.15) is 0 Å². The Morgan fingerprint density at radius 3 is 2.55 bits per heavy atom. The molecule has 6 nitrogen and oxygen atoms in total. The van der Waals surface area contributed by atoms with Crippen LogP contribution in [0.15, 0.2) is 70.7 Å². The van der Waals surface area contributed by atoms with Crippen molar-refractivity contribution in [3.63, 3.8) is 0 Å². The zero-order valence-electron chi connectivity index (χ0n) is 17.5. The van der Waals surface area contributed by atoms with E-state index in [-0.39, 0.29) is 5.56 Å². The number of thioether (sulfide) groups is 1. The molecule has 5 rings (SSSR count). The van der Waals surface area contributed by atoms with E-state index < -0.39 is 0 Å². The topological polar surface area (TPSA) is 65.1 Å². The third-order valence-electron chi connectivity index (χ3n) is 5.26. The summed E-state index contributed by atoms with van der Waals surface area (Å²) in [5.41, 5.74) is 5.42. The van der Waals surface area contributed by atoms with E-state index in [2.05, 4.69) is 9.97 Å². The first-order valence-corrected chi connectivity index (χ1v) is 11.0. The van der Waals surface area contributed by atoms with Gasteiger partial charge in [0.25, 0.3) is 5.56 Å². The van der Waals surface area contributed by atoms with Crippen molar-refractivity contribution >= 4 is 28.4 Å². The molecule has 154 valence electrons. The van der Waals surface area contributed by atoms with Crippen molar-refractivity contribution in [1.29, 1.82) is 0 Å². The van der Waals surface area contributed by atoms with Gasteiger partial charge in [0.05, 0.1) is 22.3 Å². The van der Waals surface area contributed by atoms with Gasteiger partial charge in [-0.25, -0.2) is 15.0 Å². The van der Waals surface area contributed by atoms with Crippen LogP contribution in [0.2, 0.25) is 0 Å². The molecule has 31 heavy (non-hydrogen) atoms. The van der Waals surface area contributed by atoms with E-state index in [0.717, 1.165) is 28.3 Å². The van der Waals surface area contributed by atoms with Gasteiger partial charge in [-0.3, -0.25) is 13.8 Å². The molecule has 5 aromatic rings. The molecule has 0 N–H and O–H groups in total. The monoisotopic (exact) mass is 427 g/mol. The molecule has 0 aliphatic carbocycles. The number of benzene rings is 2. The van der Waals surface area contributed by atoms with E-state index in [4.69, 9.17) is 4.98 Å². The minimum absolute atomic E-state index is 0.0643. The Kier molecular flexibility index (Phi) is 4.82. The molecule has 0 radical (unpaired) electrons. The third-order valence-corrected chi connectivity index (χ3v) is 6.23. The lowest BCUT2D eigenvalue weighted by molar-refractivity contribution is 0.814. The predicted octanol–water partition coefficient (Wildman–Crippen LogP) is 4.65. The van der Waals surface area contributed by atoms with E-state index >= 15 is 0 Å². The number of aromatic nitrogens is 5. The van der Waals surface area contributed by atoms with Crippen LogP contribution < -0.4 is 5.56 Å². The Bertz CT molecular complexity index is 1500. The van der Waals surface area contributed by atoms with Crippen LogP contribution in [-0.4, -0.2) is 23.9 Å². The first kappa shape index (κ1) is 19.5. The number of para-hydroxylation sites is 2. The van der Waals surface area contributed by atoms with Crippen LogP contribution in [0.4, 0.5) is 0 Å². The second-order valence-electron chi connectivity index (χ2n) is 7.57. The standard InChI is InChI=1S/C24H21N5OS/c1-15-8-4-7-11-21(15)29-22(30)19-9-5-6-10-20(19)27-24(29)31-14-18-13-28-17(3)12-16(2)25-23(28)26-18/h4-13H,14H2,1-3H3. The normalized spacial score (nSPS) is 11.5. The molecule has 0 atom stereocenters. The number of hydrogen-bond acceptors (Lipinski definition) is 5. The molecule has 0 unspecified atom stereocenters. The lowest BCUT2D eigenvalue weighted by Crippen LogP contribution is -2.22. The van der Waals surface area contributed by atoms with E-state index in [1.165, 1.54) is 11.8 Å². The Labute approximate surface area is 183 Å². The van der Waals surface area contributed by atoms with Crippen LogP contribution in [-0.2, 0) is 5.75 Å². The zero-order valence-corrected chi connectivity index (χ0v) is 18.3. The van der Waals surface area contributed by atoms with Crippen molar-refractivity contribution in [1.82, 2.24) is 23.9 Å². The summed E-state index contributed by atoms with van der Waals surface area (Å²) >= 11 is 1.51. The average Bonchev–Trinajstić information content (AvgIpc) is 3.16. The SMILES string of the molecule is Cc1cc(C)n2cc(CSc3nc4ccccc4c(=O)n3-c3ccccc3C)nc2n1. The van der Waals surface area contributed by atoms with Gasteiger partial charge >= 0.3 is 0 Å². The molecule has 7 heteroatoms. The molecule has 0 aliphatic heterocycles. The Morgan fingerprint density at radius 2 is 1.71 bits per heavy atom. The zero-order chi connectivity index (χ0) is 21.5. The molecular formula is C24H21N5OS. The van der Waals surface area contributed by atoms with Gasteiger partial charge in [0.15, 0.2) is 5.16 Å². The second kappa shape index (κ2) is 7.67. The summed E-state index contributed by atoms with van der Waals surface area (Å²) in [5, 5.41) is 1.26. The highest BCUT2D eigenvalue weighted by atomic mass is 32.2. The van der Waals surface area contributed by atoms with Gasteiger partial charge in [0, 0.05) is 23.3 Å². The maximum Gasteiger partial charge on any atom is 0.266 e. The Morgan fingerprint density at radius 1 is 0.935 bits per heavy atom. The smallest absolute Gasteiger partial charge is 0.266 e. The summed E-state index contributed by atoms with van der Waals surface area (Å²) < 4.78 is 3.71. The van der Waals surface area contributed by atoms with Crippen molar-refractivity contribution in [2.45, 2.75) is 31.7 Å². The number of nitrogens with zero attached hydrogens (tertiary/aromatic N) is 5. The van der Waals surface area contributed by atoms with Gasteiger partial charge in [-0.05, 0) is 50.6 Å². The maximum atomic E-state index is 13.4. The summed E-state index contributed by atoms with van der Waals surface area (Å²) in [6.45, 7) is 6.02. The van der Waals surface area contributed by atoms with Crippen molar-refractivity contribution < 1.29 is 0 Å². The summed E-state index contributed by atoms with van der Waals surface area (Å²) in [6.07, 6.45) is 2.00. The fourth-order valence-electron chi connectivity index (χ4n) is 3.76. The van der Waals surface area contributed by atoms with Gasteiger partial charge in [-0.2, -0.15) is 0 Å². The predicted molar refractivity (Wildman–Crippen MR) is 124 cm³/mol. The van der Waals surface area contributed by atoms with E-state index in [9.17, 15) is 4.79 Å². The molecule has 0 saturated carbocycles. The minimum Gasteiger partial charge on any atom is -0.288 e. The largest absolute Gasteiger partial charge is 0.288 e. The number of rotatable bonds is 4. The first-order chi connectivity index (χ1) is 15.0. The Balaban J connectivity index is 1.61. The molecule has 0 spiro atoms. The summed E-state index contributed by atoms with van der Waals surface area (Å²) in [7, 11) is 0. The third kappa shape index (κ3) is 3.51. The second-order valence-corrected chi connectivity index (χ2v) is 8.51. The van der Waals surface area contributed by atoms with Crippen LogP contribution in [0.5, 0.6) is 0 Å². The lowest BCUT2D eigenvalue weighted by atomic mass is 10.2. The molecule has 0 saturated heterocycles.